The van der Waals surface area contributed by atoms with Crippen LogP contribution in [0.2, 0.25) is 0 Å². The first-order valence-corrected chi connectivity index (χ1v) is 7.88. The van der Waals surface area contributed by atoms with E-state index < -0.39 is 0 Å². The molecule has 2 saturated carbocycles. The van der Waals surface area contributed by atoms with E-state index in [9.17, 15) is 0 Å². The summed E-state index contributed by atoms with van der Waals surface area (Å²) >= 11 is 0. The van der Waals surface area contributed by atoms with Gasteiger partial charge in [0.2, 0.25) is 0 Å². The maximum absolute atomic E-state index is 2.38. The molecular formula is C16H30. The normalized spacial score (nSPS) is 32.8. The second kappa shape index (κ2) is 6.67. The SMILES string of the molecule is CCC1CCCC(CCC2CCCCC2)C1. The Bertz CT molecular complexity index is 178. The lowest BCUT2D eigenvalue weighted by atomic mass is 9.76. The molecule has 0 spiro atoms. The van der Waals surface area contributed by atoms with Crippen LogP contribution in [0.5, 0.6) is 0 Å². The summed E-state index contributed by atoms with van der Waals surface area (Å²) in [7, 11) is 0. The Labute approximate surface area is 102 Å². The summed E-state index contributed by atoms with van der Waals surface area (Å²) in [4.78, 5) is 0. The molecule has 0 amide bonds. The van der Waals surface area contributed by atoms with Crippen molar-refractivity contribution < 1.29 is 0 Å². The molecule has 0 heterocycles. The second-order valence-electron chi connectivity index (χ2n) is 6.39. The van der Waals surface area contributed by atoms with Gasteiger partial charge in [0.05, 0.1) is 0 Å². The van der Waals surface area contributed by atoms with Gasteiger partial charge < -0.3 is 0 Å². The third-order valence-electron chi connectivity index (χ3n) is 5.18. The van der Waals surface area contributed by atoms with Crippen LogP contribution in [0.25, 0.3) is 0 Å². The van der Waals surface area contributed by atoms with Crippen LogP contribution in [-0.2, 0) is 0 Å². The van der Waals surface area contributed by atoms with Crippen molar-refractivity contribution in [3.63, 3.8) is 0 Å². The number of rotatable bonds is 4. The zero-order valence-corrected chi connectivity index (χ0v) is 11.2. The minimum atomic E-state index is 1.07. The van der Waals surface area contributed by atoms with Gasteiger partial charge in [0, 0.05) is 0 Å². The standard InChI is InChI=1S/C16H30/c1-2-14-9-6-10-16(13-14)12-11-15-7-4-3-5-8-15/h14-16H,2-13H2,1H3. The van der Waals surface area contributed by atoms with Crippen molar-refractivity contribution in [2.75, 3.05) is 0 Å². The Balaban J connectivity index is 1.64. The highest BCUT2D eigenvalue weighted by Crippen LogP contribution is 2.36. The predicted octanol–water partition coefficient (Wildman–Crippen LogP) is 5.56. The van der Waals surface area contributed by atoms with Crippen LogP contribution in [0.15, 0.2) is 0 Å². The fourth-order valence-electron chi connectivity index (χ4n) is 3.98. The van der Waals surface area contributed by atoms with Crippen LogP contribution in [-0.4, -0.2) is 0 Å². The molecule has 2 fully saturated rings. The molecule has 0 saturated heterocycles. The monoisotopic (exact) mass is 222 g/mol. The molecule has 94 valence electrons. The molecule has 2 unspecified atom stereocenters. The minimum absolute atomic E-state index is 1.07. The largest absolute Gasteiger partial charge is 0.0651 e. The average Bonchev–Trinajstić information content (AvgIpc) is 2.38. The summed E-state index contributed by atoms with van der Waals surface area (Å²) in [6.45, 7) is 2.38. The van der Waals surface area contributed by atoms with Crippen molar-refractivity contribution in [3.05, 3.63) is 0 Å². The average molecular weight is 222 g/mol. The third kappa shape index (κ3) is 3.79. The molecule has 0 aromatic rings. The lowest BCUT2D eigenvalue weighted by molar-refractivity contribution is 0.224. The Hall–Kier alpha value is 0. The fourth-order valence-corrected chi connectivity index (χ4v) is 3.98. The maximum atomic E-state index is 2.38. The molecule has 2 aliphatic carbocycles. The molecule has 0 aliphatic heterocycles. The highest BCUT2D eigenvalue weighted by Gasteiger charge is 2.22. The van der Waals surface area contributed by atoms with E-state index in [1.807, 2.05) is 0 Å². The van der Waals surface area contributed by atoms with Crippen LogP contribution in [0.4, 0.5) is 0 Å². The molecule has 0 heteroatoms. The summed E-state index contributed by atoms with van der Waals surface area (Å²) in [6.07, 6.45) is 18.3. The van der Waals surface area contributed by atoms with E-state index in [-0.39, 0.29) is 0 Å². The Morgan fingerprint density at radius 1 is 0.688 bits per heavy atom. The molecule has 16 heavy (non-hydrogen) atoms. The summed E-state index contributed by atoms with van der Waals surface area (Å²) in [6, 6.07) is 0. The van der Waals surface area contributed by atoms with Crippen molar-refractivity contribution >= 4 is 0 Å². The van der Waals surface area contributed by atoms with E-state index in [1.54, 1.807) is 38.5 Å². The lowest BCUT2D eigenvalue weighted by Crippen LogP contribution is -2.16. The molecule has 0 aromatic carbocycles. The fraction of sp³-hybridized carbons (Fsp3) is 1.00. The van der Waals surface area contributed by atoms with Crippen LogP contribution < -0.4 is 0 Å². The summed E-state index contributed by atoms with van der Waals surface area (Å²) in [5.41, 5.74) is 0. The third-order valence-corrected chi connectivity index (χ3v) is 5.18. The number of hydrogen-bond acceptors (Lipinski definition) is 0. The van der Waals surface area contributed by atoms with Crippen LogP contribution >= 0.6 is 0 Å². The Kier molecular flexibility index (Phi) is 5.19. The van der Waals surface area contributed by atoms with Gasteiger partial charge in [-0.25, -0.2) is 0 Å². The van der Waals surface area contributed by atoms with Gasteiger partial charge in [-0.3, -0.25) is 0 Å². The highest BCUT2D eigenvalue weighted by atomic mass is 14.3. The smallest absolute Gasteiger partial charge is 0.0412 e. The van der Waals surface area contributed by atoms with Crippen molar-refractivity contribution in [2.45, 2.75) is 84.0 Å². The van der Waals surface area contributed by atoms with Crippen molar-refractivity contribution in [1.29, 1.82) is 0 Å². The Morgan fingerprint density at radius 2 is 1.31 bits per heavy atom. The number of hydrogen-bond donors (Lipinski definition) is 0. The first-order chi connectivity index (χ1) is 7.88. The maximum Gasteiger partial charge on any atom is -0.0412 e. The van der Waals surface area contributed by atoms with Crippen molar-refractivity contribution in [1.82, 2.24) is 0 Å². The van der Waals surface area contributed by atoms with E-state index in [2.05, 4.69) is 6.92 Å². The minimum Gasteiger partial charge on any atom is -0.0651 e. The molecule has 2 rings (SSSR count). The zero-order chi connectivity index (χ0) is 11.2. The quantitative estimate of drug-likeness (QED) is 0.584. The lowest BCUT2D eigenvalue weighted by Gasteiger charge is -2.30. The van der Waals surface area contributed by atoms with Gasteiger partial charge in [-0.1, -0.05) is 77.6 Å². The summed E-state index contributed by atoms with van der Waals surface area (Å²) in [5.74, 6) is 3.28. The van der Waals surface area contributed by atoms with Crippen molar-refractivity contribution in [3.8, 4) is 0 Å². The first-order valence-electron chi connectivity index (χ1n) is 7.88. The molecule has 0 N–H and O–H groups in total. The van der Waals surface area contributed by atoms with Gasteiger partial charge in [0.25, 0.3) is 0 Å². The second-order valence-corrected chi connectivity index (χ2v) is 6.39. The molecule has 0 aromatic heterocycles. The molecule has 2 aliphatic rings. The summed E-state index contributed by atoms with van der Waals surface area (Å²) in [5, 5.41) is 0. The van der Waals surface area contributed by atoms with Gasteiger partial charge in [-0.05, 0) is 24.2 Å². The van der Waals surface area contributed by atoms with Gasteiger partial charge in [-0.2, -0.15) is 0 Å². The van der Waals surface area contributed by atoms with Gasteiger partial charge in [-0.15, -0.1) is 0 Å². The summed E-state index contributed by atoms with van der Waals surface area (Å²) < 4.78 is 0. The molecule has 0 bridgehead atoms. The predicted molar refractivity (Wildman–Crippen MR) is 71.5 cm³/mol. The Morgan fingerprint density at radius 3 is 2.06 bits per heavy atom. The van der Waals surface area contributed by atoms with Crippen LogP contribution in [0.1, 0.15) is 84.0 Å². The van der Waals surface area contributed by atoms with E-state index in [0.29, 0.717) is 0 Å². The van der Waals surface area contributed by atoms with Crippen molar-refractivity contribution in [2.24, 2.45) is 17.8 Å². The van der Waals surface area contributed by atoms with E-state index >= 15 is 0 Å². The van der Waals surface area contributed by atoms with Crippen LogP contribution in [0, 0.1) is 17.8 Å². The van der Waals surface area contributed by atoms with Gasteiger partial charge in [0.15, 0.2) is 0 Å². The van der Waals surface area contributed by atoms with Gasteiger partial charge >= 0.3 is 0 Å². The van der Waals surface area contributed by atoms with Gasteiger partial charge in [0.1, 0.15) is 0 Å². The van der Waals surface area contributed by atoms with E-state index in [4.69, 9.17) is 0 Å². The van der Waals surface area contributed by atoms with E-state index in [0.717, 1.165) is 17.8 Å². The van der Waals surface area contributed by atoms with Crippen LogP contribution in [0.3, 0.4) is 0 Å². The molecule has 0 nitrogen and oxygen atoms in total. The zero-order valence-electron chi connectivity index (χ0n) is 11.2. The first kappa shape index (κ1) is 12.5. The molecular weight excluding hydrogens is 192 g/mol. The topological polar surface area (TPSA) is 0 Å². The highest BCUT2D eigenvalue weighted by molar-refractivity contribution is 4.74. The molecule has 0 radical (unpaired) electrons. The molecule has 2 atom stereocenters. The van der Waals surface area contributed by atoms with E-state index in [1.165, 1.54) is 38.5 Å².